The largest absolute Gasteiger partial charge is 0.385 e. The van der Waals surface area contributed by atoms with Gasteiger partial charge >= 0.3 is 0 Å². The molecule has 2 saturated heterocycles. The fourth-order valence-electron chi connectivity index (χ4n) is 3.47. The first-order chi connectivity index (χ1) is 12.8. The van der Waals surface area contributed by atoms with E-state index in [-0.39, 0.29) is 24.0 Å². The average molecular weight is 498 g/mol. The van der Waals surface area contributed by atoms with Crippen LogP contribution in [-0.2, 0) is 14.2 Å². The molecule has 160 valence electrons. The highest BCUT2D eigenvalue weighted by Gasteiger charge is 2.19. The highest BCUT2D eigenvalue weighted by Crippen LogP contribution is 2.12. The van der Waals surface area contributed by atoms with Crippen molar-refractivity contribution >= 4 is 29.9 Å². The minimum Gasteiger partial charge on any atom is -0.385 e. The van der Waals surface area contributed by atoms with Gasteiger partial charge in [0.15, 0.2) is 5.96 Å². The third-order valence-electron chi connectivity index (χ3n) is 5.11. The third kappa shape index (κ3) is 10.8. The van der Waals surface area contributed by atoms with Gasteiger partial charge in [0, 0.05) is 72.1 Å². The van der Waals surface area contributed by atoms with E-state index in [4.69, 9.17) is 14.2 Å². The summed E-state index contributed by atoms with van der Waals surface area (Å²) in [6, 6.07) is 0.512. The molecule has 2 heterocycles. The Kier molecular flexibility index (Phi) is 14.5. The molecule has 7 nitrogen and oxygen atoms in total. The van der Waals surface area contributed by atoms with Gasteiger partial charge in [0.1, 0.15) is 0 Å². The van der Waals surface area contributed by atoms with Crippen LogP contribution in [0.2, 0.25) is 0 Å². The van der Waals surface area contributed by atoms with E-state index in [0.29, 0.717) is 12.0 Å². The van der Waals surface area contributed by atoms with Crippen LogP contribution in [0.1, 0.15) is 32.1 Å². The number of likely N-dealkylation sites (tertiary alicyclic amines) is 1. The van der Waals surface area contributed by atoms with Crippen LogP contribution in [-0.4, -0.2) is 90.3 Å². The van der Waals surface area contributed by atoms with Crippen molar-refractivity contribution in [1.82, 2.24) is 15.5 Å². The number of nitrogens with zero attached hydrogens (tertiary/aromatic N) is 2. The summed E-state index contributed by atoms with van der Waals surface area (Å²) in [5, 5.41) is 6.96. The van der Waals surface area contributed by atoms with Crippen LogP contribution in [0.3, 0.4) is 0 Å². The smallest absolute Gasteiger partial charge is 0.191 e. The summed E-state index contributed by atoms with van der Waals surface area (Å²) in [4.78, 5) is 6.88. The molecule has 8 heteroatoms. The van der Waals surface area contributed by atoms with Crippen LogP contribution in [0, 0.1) is 5.92 Å². The number of hydrogen-bond donors (Lipinski definition) is 2. The SMILES string of the molecule is CN=C(NCCCOCC1CCOC1)NC1CCN(CCCOC)CC1.I. The molecule has 1 atom stereocenters. The van der Waals surface area contributed by atoms with Crippen LogP contribution in [0.4, 0.5) is 0 Å². The molecule has 0 amide bonds. The first-order valence-electron chi connectivity index (χ1n) is 10.2. The molecule has 0 aromatic rings. The molecule has 2 N–H and O–H groups in total. The van der Waals surface area contributed by atoms with Gasteiger partial charge in [0.05, 0.1) is 13.2 Å². The van der Waals surface area contributed by atoms with E-state index in [1.165, 1.54) is 12.8 Å². The summed E-state index contributed by atoms with van der Waals surface area (Å²) in [5.41, 5.74) is 0. The first-order valence-corrected chi connectivity index (χ1v) is 10.2. The highest BCUT2D eigenvalue weighted by molar-refractivity contribution is 14.0. The zero-order valence-corrected chi connectivity index (χ0v) is 19.4. The van der Waals surface area contributed by atoms with Crippen molar-refractivity contribution in [2.24, 2.45) is 10.9 Å². The van der Waals surface area contributed by atoms with Crippen LogP contribution >= 0.6 is 24.0 Å². The molecule has 0 aromatic carbocycles. The number of ether oxygens (including phenoxy) is 3. The summed E-state index contributed by atoms with van der Waals surface area (Å²) in [6.07, 6.45) is 5.58. The molecule has 2 aliphatic heterocycles. The molecule has 2 fully saturated rings. The van der Waals surface area contributed by atoms with E-state index in [9.17, 15) is 0 Å². The van der Waals surface area contributed by atoms with E-state index >= 15 is 0 Å². The zero-order valence-electron chi connectivity index (χ0n) is 17.1. The standard InChI is InChI=1S/C19H38N4O3.HI/c1-20-19(21-8-3-13-25-15-17-7-14-26-16-17)22-18-5-10-23(11-6-18)9-4-12-24-2;/h17-18H,3-16H2,1-2H3,(H2,20,21,22);1H. The number of aliphatic imine (C=N–C) groups is 1. The molecule has 0 aromatic heterocycles. The second-order valence-electron chi connectivity index (χ2n) is 7.26. The summed E-state index contributed by atoms with van der Waals surface area (Å²) >= 11 is 0. The number of methoxy groups -OCH3 is 1. The second-order valence-corrected chi connectivity index (χ2v) is 7.26. The highest BCUT2D eigenvalue weighted by atomic mass is 127. The van der Waals surface area contributed by atoms with Gasteiger partial charge in [0.25, 0.3) is 0 Å². The van der Waals surface area contributed by atoms with Crippen LogP contribution in [0.5, 0.6) is 0 Å². The molecule has 1 unspecified atom stereocenters. The maximum absolute atomic E-state index is 5.74. The predicted octanol–water partition coefficient (Wildman–Crippen LogP) is 1.71. The minimum absolute atomic E-state index is 0. The van der Waals surface area contributed by atoms with Gasteiger partial charge in [-0.15, -0.1) is 24.0 Å². The first kappa shape index (κ1) is 24.9. The Bertz CT molecular complexity index is 387. The lowest BCUT2D eigenvalue weighted by Crippen LogP contribution is -2.49. The van der Waals surface area contributed by atoms with Crippen molar-refractivity contribution in [1.29, 1.82) is 0 Å². The van der Waals surface area contributed by atoms with Gasteiger partial charge in [0.2, 0.25) is 0 Å². The lowest BCUT2D eigenvalue weighted by Gasteiger charge is -2.33. The molecule has 2 aliphatic rings. The van der Waals surface area contributed by atoms with Gasteiger partial charge < -0.3 is 29.7 Å². The molecule has 0 spiro atoms. The van der Waals surface area contributed by atoms with Crippen molar-refractivity contribution in [2.45, 2.75) is 38.1 Å². The fourth-order valence-corrected chi connectivity index (χ4v) is 3.47. The van der Waals surface area contributed by atoms with Gasteiger partial charge in [-0.3, -0.25) is 4.99 Å². The molecular weight excluding hydrogens is 459 g/mol. The van der Waals surface area contributed by atoms with Crippen LogP contribution < -0.4 is 10.6 Å². The summed E-state index contributed by atoms with van der Waals surface area (Å²) in [5.74, 6) is 1.50. The summed E-state index contributed by atoms with van der Waals surface area (Å²) < 4.78 is 16.2. The van der Waals surface area contributed by atoms with Crippen molar-refractivity contribution in [3.8, 4) is 0 Å². The third-order valence-corrected chi connectivity index (χ3v) is 5.11. The molecule has 0 aliphatic carbocycles. The van der Waals surface area contributed by atoms with E-state index in [0.717, 1.165) is 84.4 Å². The Hall–Kier alpha value is -0.160. The lowest BCUT2D eigenvalue weighted by atomic mass is 10.1. The van der Waals surface area contributed by atoms with Gasteiger partial charge in [-0.1, -0.05) is 0 Å². The van der Waals surface area contributed by atoms with E-state index in [1.807, 2.05) is 7.05 Å². The minimum atomic E-state index is 0. The predicted molar refractivity (Wildman–Crippen MR) is 120 cm³/mol. The zero-order chi connectivity index (χ0) is 18.5. The van der Waals surface area contributed by atoms with Crippen LogP contribution in [0.25, 0.3) is 0 Å². The Morgan fingerprint density at radius 2 is 2.00 bits per heavy atom. The Labute approximate surface area is 182 Å². The normalized spacial score (nSPS) is 21.9. The van der Waals surface area contributed by atoms with Crippen molar-refractivity contribution in [3.63, 3.8) is 0 Å². The van der Waals surface area contributed by atoms with Crippen LogP contribution in [0.15, 0.2) is 4.99 Å². The quantitative estimate of drug-likeness (QED) is 0.196. The Balaban J connectivity index is 0.00000364. The fraction of sp³-hybridized carbons (Fsp3) is 0.947. The molecule has 0 saturated carbocycles. The maximum Gasteiger partial charge on any atom is 0.191 e. The number of guanidine groups is 1. The topological polar surface area (TPSA) is 67.4 Å². The monoisotopic (exact) mass is 498 g/mol. The molecule has 0 bridgehead atoms. The molecule has 2 rings (SSSR count). The van der Waals surface area contributed by atoms with Gasteiger partial charge in [-0.2, -0.15) is 0 Å². The van der Waals surface area contributed by atoms with Crippen molar-refractivity contribution in [2.75, 3.05) is 73.4 Å². The molecule has 0 radical (unpaired) electrons. The Morgan fingerprint density at radius 3 is 2.67 bits per heavy atom. The Morgan fingerprint density at radius 1 is 1.19 bits per heavy atom. The van der Waals surface area contributed by atoms with E-state index in [2.05, 4.69) is 20.5 Å². The molecular formula is C19H39IN4O3. The summed E-state index contributed by atoms with van der Waals surface area (Å²) in [7, 11) is 3.61. The average Bonchev–Trinajstić information content (AvgIpc) is 3.18. The van der Waals surface area contributed by atoms with Crippen molar-refractivity contribution < 1.29 is 14.2 Å². The lowest BCUT2D eigenvalue weighted by molar-refractivity contribution is 0.0888. The van der Waals surface area contributed by atoms with Crippen molar-refractivity contribution in [3.05, 3.63) is 0 Å². The number of halogens is 1. The van der Waals surface area contributed by atoms with E-state index in [1.54, 1.807) is 7.11 Å². The number of rotatable bonds is 11. The second kappa shape index (κ2) is 15.7. The number of piperidine rings is 1. The van der Waals surface area contributed by atoms with Gasteiger partial charge in [-0.05, 0) is 32.1 Å². The number of nitrogens with one attached hydrogen (secondary N) is 2. The molecule has 27 heavy (non-hydrogen) atoms. The summed E-state index contributed by atoms with van der Waals surface area (Å²) in [6.45, 7) is 8.55. The maximum atomic E-state index is 5.74. The number of hydrogen-bond acceptors (Lipinski definition) is 5. The van der Waals surface area contributed by atoms with Gasteiger partial charge in [-0.25, -0.2) is 0 Å². The van der Waals surface area contributed by atoms with E-state index < -0.39 is 0 Å².